The first-order valence-corrected chi connectivity index (χ1v) is 8.60. The van der Waals surface area contributed by atoms with E-state index in [0.29, 0.717) is 5.75 Å². The molecule has 0 aromatic heterocycles. The van der Waals surface area contributed by atoms with Crippen LogP contribution in [0, 0.1) is 0 Å². The Balaban J connectivity index is 1.85. The van der Waals surface area contributed by atoms with Crippen LogP contribution in [0.5, 0.6) is 11.5 Å². The largest absolute Gasteiger partial charge is 0.507 e. The highest BCUT2D eigenvalue weighted by Gasteiger charge is 2.24. The van der Waals surface area contributed by atoms with Gasteiger partial charge in [0.25, 0.3) is 5.91 Å². The number of methoxy groups -OCH3 is 1. The normalized spacial score (nSPS) is 15.6. The molecule has 8 nitrogen and oxygen atoms in total. The second-order valence-electron chi connectivity index (χ2n) is 6.23. The Morgan fingerprint density at radius 3 is 2.50 bits per heavy atom. The third kappa shape index (κ3) is 5.37. The van der Waals surface area contributed by atoms with Crippen molar-refractivity contribution in [1.29, 1.82) is 0 Å². The number of amides is 3. The van der Waals surface area contributed by atoms with Crippen molar-refractivity contribution >= 4 is 17.9 Å². The van der Waals surface area contributed by atoms with Crippen LogP contribution in [0.15, 0.2) is 18.2 Å². The molecule has 1 saturated carbocycles. The van der Waals surface area contributed by atoms with Gasteiger partial charge in [0, 0.05) is 12.1 Å². The van der Waals surface area contributed by atoms with Gasteiger partial charge in [0.1, 0.15) is 17.1 Å². The Morgan fingerprint density at radius 1 is 1.19 bits per heavy atom. The Morgan fingerprint density at radius 2 is 1.88 bits per heavy atom. The summed E-state index contributed by atoms with van der Waals surface area (Å²) in [5.74, 6) is -1.55. The molecule has 3 amide bonds. The summed E-state index contributed by atoms with van der Waals surface area (Å²) >= 11 is 0. The minimum absolute atomic E-state index is 0.0608. The van der Waals surface area contributed by atoms with Crippen LogP contribution in [0.2, 0.25) is 0 Å². The van der Waals surface area contributed by atoms with E-state index in [0.717, 1.165) is 32.1 Å². The molecular weight excluding hydrogens is 340 g/mol. The van der Waals surface area contributed by atoms with E-state index in [4.69, 9.17) is 9.47 Å². The highest BCUT2D eigenvalue weighted by molar-refractivity contribution is 5.99. The molecule has 0 aliphatic heterocycles. The summed E-state index contributed by atoms with van der Waals surface area (Å²) in [5.41, 5.74) is -0.0999. The summed E-state index contributed by atoms with van der Waals surface area (Å²) in [6.45, 7) is 1.35. The van der Waals surface area contributed by atoms with E-state index in [9.17, 15) is 19.5 Å². The number of benzene rings is 1. The highest BCUT2D eigenvalue weighted by Crippen LogP contribution is 2.24. The number of esters is 1. The summed E-state index contributed by atoms with van der Waals surface area (Å²) in [7, 11) is 1.43. The number of phenolic OH excluding ortho intramolecular Hbond substituents is 1. The van der Waals surface area contributed by atoms with Crippen LogP contribution >= 0.6 is 0 Å². The molecule has 2 rings (SSSR count). The monoisotopic (exact) mass is 364 g/mol. The zero-order chi connectivity index (χ0) is 19.1. The average Bonchev–Trinajstić information content (AvgIpc) is 2.61. The van der Waals surface area contributed by atoms with Crippen molar-refractivity contribution in [3.05, 3.63) is 23.8 Å². The van der Waals surface area contributed by atoms with Gasteiger partial charge in [-0.2, -0.15) is 0 Å². The Bertz CT molecular complexity index is 670. The van der Waals surface area contributed by atoms with Crippen LogP contribution < -0.4 is 15.4 Å². The molecule has 1 aromatic rings. The number of carbonyl (C=O) groups excluding carboxylic acids is 3. The number of carbonyl (C=O) groups is 3. The lowest BCUT2D eigenvalue weighted by molar-refractivity contribution is -0.127. The lowest BCUT2D eigenvalue weighted by Gasteiger charge is -2.23. The number of rotatable bonds is 5. The highest BCUT2D eigenvalue weighted by atomic mass is 16.5. The van der Waals surface area contributed by atoms with Crippen molar-refractivity contribution in [2.45, 2.75) is 51.2 Å². The standard InChI is InChI=1S/C18H24N2O6/c1-11(16(22)20-18(24)19-12-6-4-3-5-7-12)26-17(23)14-9-8-13(25-2)10-15(14)21/h8-12,21H,3-7H2,1-2H3,(H2,19,20,22,24). The molecule has 0 spiro atoms. The first-order chi connectivity index (χ1) is 12.4. The molecule has 0 radical (unpaired) electrons. The Labute approximate surface area is 151 Å². The molecule has 1 fully saturated rings. The molecule has 0 bridgehead atoms. The van der Waals surface area contributed by atoms with Crippen LogP contribution in [0.4, 0.5) is 4.79 Å². The van der Waals surface area contributed by atoms with Crippen LogP contribution in [0.3, 0.4) is 0 Å². The first-order valence-electron chi connectivity index (χ1n) is 8.60. The zero-order valence-electron chi connectivity index (χ0n) is 14.9. The SMILES string of the molecule is COc1ccc(C(=O)OC(C)C(=O)NC(=O)NC2CCCCC2)c(O)c1. The maximum Gasteiger partial charge on any atom is 0.342 e. The van der Waals surface area contributed by atoms with Crippen molar-refractivity contribution < 1.29 is 29.0 Å². The molecule has 1 aliphatic rings. The van der Waals surface area contributed by atoms with Crippen LogP contribution in [-0.4, -0.2) is 42.3 Å². The van der Waals surface area contributed by atoms with Gasteiger partial charge in [-0.25, -0.2) is 9.59 Å². The number of imide groups is 1. The van der Waals surface area contributed by atoms with Gasteiger partial charge >= 0.3 is 12.0 Å². The van der Waals surface area contributed by atoms with Crippen molar-refractivity contribution in [3.63, 3.8) is 0 Å². The van der Waals surface area contributed by atoms with E-state index in [1.807, 2.05) is 0 Å². The molecule has 142 valence electrons. The molecule has 0 heterocycles. The topological polar surface area (TPSA) is 114 Å². The minimum Gasteiger partial charge on any atom is -0.507 e. The fourth-order valence-electron chi connectivity index (χ4n) is 2.77. The summed E-state index contributed by atoms with van der Waals surface area (Å²) < 4.78 is 9.95. The van der Waals surface area contributed by atoms with E-state index in [1.165, 1.54) is 32.2 Å². The number of aromatic hydroxyl groups is 1. The Kier molecular flexibility index (Phi) is 6.82. The van der Waals surface area contributed by atoms with Crippen molar-refractivity contribution in [1.82, 2.24) is 10.6 Å². The van der Waals surface area contributed by atoms with E-state index >= 15 is 0 Å². The maximum atomic E-state index is 12.1. The van der Waals surface area contributed by atoms with Gasteiger partial charge in [-0.05, 0) is 31.9 Å². The van der Waals surface area contributed by atoms with Crippen LogP contribution in [0.1, 0.15) is 49.4 Å². The van der Waals surface area contributed by atoms with E-state index in [1.54, 1.807) is 0 Å². The van der Waals surface area contributed by atoms with Gasteiger partial charge in [-0.3, -0.25) is 10.1 Å². The van der Waals surface area contributed by atoms with E-state index in [-0.39, 0.29) is 17.4 Å². The lowest BCUT2D eigenvalue weighted by Crippen LogP contribution is -2.48. The molecule has 8 heteroatoms. The van der Waals surface area contributed by atoms with Gasteiger partial charge < -0.3 is 19.9 Å². The van der Waals surface area contributed by atoms with Crippen LogP contribution in [-0.2, 0) is 9.53 Å². The third-order valence-electron chi connectivity index (χ3n) is 4.25. The molecule has 1 aliphatic carbocycles. The molecule has 26 heavy (non-hydrogen) atoms. The summed E-state index contributed by atoms with van der Waals surface area (Å²) in [4.78, 5) is 36.0. The average molecular weight is 364 g/mol. The maximum absolute atomic E-state index is 12.1. The van der Waals surface area contributed by atoms with Gasteiger partial charge in [-0.15, -0.1) is 0 Å². The molecule has 1 atom stereocenters. The second-order valence-corrected chi connectivity index (χ2v) is 6.23. The fraction of sp³-hybridized carbons (Fsp3) is 0.500. The number of ether oxygens (including phenoxy) is 2. The fourth-order valence-corrected chi connectivity index (χ4v) is 2.77. The summed E-state index contributed by atoms with van der Waals surface area (Å²) in [6, 6.07) is 3.54. The predicted molar refractivity (Wildman–Crippen MR) is 93.1 cm³/mol. The molecule has 1 aromatic carbocycles. The quantitative estimate of drug-likeness (QED) is 0.690. The number of hydrogen-bond donors (Lipinski definition) is 3. The summed E-state index contributed by atoms with van der Waals surface area (Å²) in [5, 5.41) is 14.7. The molecule has 0 saturated heterocycles. The summed E-state index contributed by atoms with van der Waals surface area (Å²) in [6.07, 6.45) is 3.85. The lowest BCUT2D eigenvalue weighted by atomic mass is 9.96. The minimum atomic E-state index is -1.19. The number of hydrogen-bond acceptors (Lipinski definition) is 6. The molecule has 3 N–H and O–H groups in total. The zero-order valence-corrected chi connectivity index (χ0v) is 14.9. The predicted octanol–water partition coefficient (Wildman–Crippen LogP) is 2.10. The van der Waals surface area contributed by atoms with E-state index in [2.05, 4.69) is 10.6 Å². The van der Waals surface area contributed by atoms with Crippen molar-refractivity contribution in [2.75, 3.05) is 7.11 Å². The van der Waals surface area contributed by atoms with Gasteiger partial charge in [-0.1, -0.05) is 19.3 Å². The number of phenols is 1. The van der Waals surface area contributed by atoms with Gasteiger partial charge in [0.15, 0.2) is 6.10 Å². The van der Waals surface area contributed by atoms with Crippen molar-refractivity contribution in [3.8, 4) is 11.5 Å². The second kappa shape index (κ2) is 9.07. The number of nitrogens with one attached hydrogen (secondary N) is 2. The first kappa shape index (κ1) is 19.6. The van der Waals surface area contributed by atoms with Crippen LogP contribution in [0.25, 0.3) is 0 Å². The van der Waals surface area contributed by atoms with Gasteiger partial charge in [0.2, 0.25) is 0 Å². The Hall–Kier alpha value is -2.77. The number of urea groups is 1. The van der Waals surface area contributed by atoms with Gasteiger partial charge in [0.05, 0.1) is 7.11 Å². The van der Waals surface area contributed by atoms with Crippen molar-refractivity contribution in [2.24, 2.45) is 0 Å². The third-order valence-corrected chi connectivity index (χ3v) is 4.25. The smallest absolute Gasteiger partial charge is 0.342 e. The molecule has 1 unspecified atom stereocenters. The molecular formula is C18H24N2O6. The van der Waals surface area contributed by atoms with E-state index < -0.39 is 24.0 Å².